The number of para-hydroxylation sites is 1. The van der Waals surface area contributed by atoms with Crippen LogP contribution in [0.4, 0.5) is 5.69 Å². The van der Waals surface area contributed by atoms with Gasteiger partial charge in [0, 0.05) is 10.3 Å². The molecule has 0 amide bonds. The predicted octanol–water partition coefficient (Wildman–Crippen LogP) is 3.36. The normalized spacial score (nSPS) is 11.3. The molecule has 1 aromatic carbocycles. The van der Waals surface area contributed by atoms with E-state index < -0.39 is 16.0 Å². The lowest BCUT2D eigenvalue weighted by atomic mass is 10.3. The van der Waals surface area contributed by atoms with Crippen molar-refractivity contribution in [1.82, 2.24) is 0 Å². The molecule has 8 heteroatoms. The molecule has 5 nitrogen and oxygen atoms in total. The molecule has 112 valence electrons. The first kappa shape index (κ1) is 15.9. The summed E-state index contributed by atoms with van der Waals surface area (Å²) in [5.41, 5.74) is 0.464. The highest BCUT2D eigenvalue weighted by atomic mass is 32.2. The second-order valence-electron chi connectivity index (χ2n) is 3.99. The van der Waals surface area contributed by atoms with E-state index in [1.807, 2.05) is 19.1 Å². The number of nitrogens with one attached hydrogen (secondary N) is 1. The molecule has 0 aliphatic carbocycles. The fraction of sp³-hybridized carbons (Fsp3) is 0.154. The summed E-state index contributed by atoms with van der Waals surface area (Å²) < 4.78 is 27.1. The maximum absolute atomic E-state index is 12.3. The molecule has 0 spiro atoms. The Labute approximate surface area is 131 Å². The Balaban J connectivity index is 2.30. The third kappa shape index (κ3) is 3.78. The van der Waals surface area contributed by atoms with Gasteiger partial charge in [0.1, 0.15) is 4.21 Å². The number of thiophene rings is 1. The largest absolute Gasteiger partial charge is 0.478 e. The van der Waals surface area contributed by atoms with E-state index in [-0.39, 0.29) is 9.77 Å². The van der Waals surface area contributed by atoms with Gasteiger partial charge in [-0.25, -0.2) is 13.2 Å². The van der Waals surface area contributed by atoms with Crippen molar-refractivity contribution >= 4 is 44.8 Å². The Hall–Kier alpha value is -1.51. The maximum atomic E-state index is 12.3. The van der Waals surface area contributed by atoms with E-state index in [1.54, 1.807) is 12.1 Å². The summed E-state index contributed by atoms with van der Waals surface area (Å²) in [6.45, 7) is 1.98. The van der Waals surface area contributed by atoms with Gasteiger partial charge in [-0.1, -0.05) is 19.1 Å². The van der Waals surface area contributed by atoms with Crippen molar-refractivity contribution in [3.8, 4) is 0 Å². The Morgan fingerprint density at radius 1 is 1.38 bits per heavy atom. The third-order valence-electron chi connectivity index (χ3n) is 2.52. The van der Waals surface area contributed by atoms with Crippen LogP contribution in [0.15, 0.2) is 44.8 Å². The quantitative estimate of drug-likeness (QED) is 0.786. The van der Waals surface area contributed by atoms with Gasteiger partial charge in [0.2, 0.25) is 0 Å². The molecule has 0 atom stereocenters. The van der Waals surface area contributed by atoms with E-state index in [4.69, 9.17) is 5.11 Å². The van der Waals surface area contributed by atoms with E-state index >= 15 is 0 Å². The number of sulfonamides is 1. The number of carboxylic acid groups (broad SMARTS) is 1. The second kappa shape index (κ2) is 6.50. The molecule has 2 aromatic rings. The van der Waals surface area contributed by atoms with Crippen LogP contribution in [0.1, 0.15) is 17.3 Å². The first-order chi connectivity index (χ1) is 9.94. The van der Waals surface area contributed by atoms with Crippen LogP contribution in [0, 0.1) is 0 Å². The zero-order valence-electron chi connectivity index (χ0n) is 11.1. The Kier molecular flexibility index (Phi) is 4.92. The highest BCUT2D eigenvalue weighted by Gasteiger charge is 2.20. The SMILES string of the molecule is CCSc1ccccc1NS(=O)(=O)c1cc(C(=O)O)cs1. The number of hydrogen-bond donors (Lipinski definition) is 2. The van der Waals surface area contributed by atoms with Crippen molar-refractivity contribution < 1.29 is 18.3 Å². The van der Waals surface area contributed by atoms with Crippen molar-refractivity contribution in [2.75, 3.05) is 10.5 Å². The smallest absolute Gasteiger partial charge is 0.336 e. The van der Waals surface area contributed by atoms with Gasteiger partial charge in [-0.2, -0.15) is 0 Å². The Morgan fingerprint density at radius 3 is 2.71 bits per heavy atom. The molecule has 2 N–H and O–H groups in total. The van der Waals surface area contributed by atoms with Gasteiger partial charge >= 0.3 is 5.97 Å². The molecule has 1 aromatic heterocycles. The van der Waals surface area contributed by atoms with Gasteiger partial charge in [0.25, 0.3) is 10.0 Å². The minimum atomic E-state index is -3.77. The van der Waals surface area contributed by atoms with Crippen LogP contribution in [-0.4, -0.2) is 25.2 Å². The number of carboxylic acids is 1. The topological polar surface area (TPSA) is 83.5 Å². The highest BCUT2D eigenvalue weighted by Crippen LogP contribution is 2.30. The summed E-state index contributed by atoms with van der Waals surface area (Å²) in [5.74, 6) is -0.324. The van der Waals surface area contributed by atoms with Crippen molar-refractivity contribution in [2.45, 2.75) is 16.0 Å². The summed E-state index contributed by atoms with van der Waals surface area (Å²) in [7, 11) is -3.77. The van der Waals surface area contributed by atoms with E-state index in [0.29, 0.717) is 5.69 Å². The first-order valence-electron chi connectivity index (χ1n) is 6.00. The van der Waals surface area contributed by atoms with Crippen molar-refractivity contribution in [2.24, 2.45) is 0 Å². The zero-order chi connectivity index (χ0) is 15.5. The lowest BCUT2D eigenvalue weighted by Gasteiger charge is -2.10. The van der Waals surface area contributed by atoms with Crippen molar-refractivity contribution in [3.63, 3.8) is 0 Å². The van der Waals surface area contributed by atoms with Crippen LogP contribution in [0.3, 0.4) is 0 Å². The fourth-order valence-electron chi connectivity index (χ4n) is 1.60. The van der Waals surface area contributed by atoms with E-state index in [1.165, 1.54) is 17.1 Å². The highest BCUT2D eigenvalue weighted by molar-refractivity contribution is 7.99. The van der Waals surface area contributed by atoms with Gasteiger partial charge in [-0.05, 0) is 24.0 Å². The molecular formula is C13H13NO4S3. The van der Waals surface area contributed by atoms with Crippen LogP contribution in [0.25, 0.3) is 0 Å². The average molecular weight is 343 g/mol. The number of thioether (sulfide) groups is 1. The van der Waals surface area contributed by atoms with Gasteiger partial charge in [0.15, 0.2) is 0 Å². The molecule has 0 aliphatic heterocycles. The van der Waals surface area contributed by atoms with Gasteiger partial charge in [-0.3, -0.25) is 4.72 Å². The lowest BCUT2D eigenvalue weighted by Crippen LogP contribution is -2.12. The molecule has 0 fully saturated rings. The number of anilines is 1. The zero-order valence-corrected chi connectivity index (χ0v) is 13.5. The molecular weight excluding hydrogens is 330 g/mol. The lowest BCUT2D eigenvalue weighted by molar-refractivity contribution is 0.0697. The van der Waals surface area contributed by atoms with Crippen molar-refractivity contribution in [1.29, 1.82) is 0 Å². The van der Waals surface area contributed by atoms with E-state index in [9.17, 15) is 13.2 Å². The summed E-state index contributed by atoms with van der Waals surface area (Å²) in [6.07, 6.45) is 0. The Bertz CT molecular complexity index is 752. The first-order valence-corrected chi connectivity index (χ1v) is 9.35. The summed E-state index contributed by atoms with van der Waals surface area (Å²) >= 11 is 2.42. The standard InChI is InChI=1S/C13H13NO4S3/c1-2-19-11-6-4-3-5-10(11)14-21(17,18)12-7-9(8-20-12)13(15)16/h3-8,14H,2H2,1H3,(H,15,16). The molecule has 2 rings (SSSR count). The molecule has 0 unspecified atom stereocenters. The molecule has 0 saturated heterocycles. The van der Waals surface area contributed by atoms with Gasteiger partial charge < -0.3 is 5.11 Å². The minimum Gasteiger partial charge on any atom is -0.478 e. The second-order valence-corrected chi connectivity index (χ2v) is 8.12. The van der Waals surface area contributed by atoms with Crippen LogP contribution in [-0.2, 0) is 10.0 Å². The molecule has 0 radical (unpaired) electrons. The van der Waals surface area contributed by atoms with E-state index in [2.05, 4.69) is 4.72 Å². The fourth-order valence-corrected chi connectivity index (χ4v) is 4.66. The maximum Gasteiger partial charge on any atom is 0.336 e. The Morgan fingerprint density at radius 2 is 2.10 bits per heavy atom. The van der Waals surface area contributed by atoms with Gasteiger partial charge in [-0.15, -0.1) is 23.1 Å². The number of hydrogen-bond acceptors (Lipinski definition) is 5. The van der Waals surface area contributed by atoms with Gasteiger partial charge in [0.05, 0.1) is 11.3 Å². The van der Waals surface area contributed by atoms with Crippen LogP contribution in [0.2, 0.25) is 0 Å². The number of rotatable bonds is 6. The summed E-state index contributed by atoms with van der Waals surface area (Å²) in [5, 5.41) is 10.2. The number of aromatic carboxylic acids is 1. The third-order valence-corrected chi connectivity index (χ3v) is 6.28. The van der Waals surface area contributed by atoms with Crippen LogP contribution < -0.4 is 4.72 Å². The summed E-state index contributed by atoms with van der Waals surface area (Å²) in [6, 6.07) is 8.26. The van der Waals surface area contributed by atoms with E-state index in [0.717, 1.165) is 28.1 Å². The molecule has 0 aliphatic rings. The average Bonchev–Trinajstić information content (AvgIpc) is 2.92. The van der Waals surface area contributed by atoms with Crippen LogP contribution in [0.5, 0.6) is 0 Å². The summed E-state index contributed by atoms with van der Waals surface area (Å²) in [4.78, 5) is 11.7. The molecule has 21 heavy (non-hydrogen) atoms. The monoisotopic (exact) mass is 343 g/mol. The molecule has 0 bridgehead atoms. The molecule has 1 heterocycles. The number of carbonyl (C=O) groups is 1. The van der Waals surface area contributed by atoms with Crippen LogP contribution >= 0.6 is 23.1 Å². The minimum absolute atomic E-state index is 0.0174. The molecule has 0 saturated carbocycles. The number of benzene rings is 1. The van der Waals surface area contributed by atoms with Crippen molar-refractivity contribution in [3.05, 3.63) is 41.3 Å². The predicted molar refractivity (Wildman–Crippen MR) is 84.9 cm³/mol.